The minimum Gasteiger partial charge on any atom is -0.346 e. The summed E-state index contributed by atoms with van der Waals surface area (Å²) in [7, 11) is 0. The molecule has 6 nitrogen and oxygen atoms in total. The van der Waals surface area contributed by atoms with Gasteiger partial charge in [-0.1, -0.05) is 42.0 Å². The molecule has 0 aliphatic heterocycles. The van der Waals surface area contributed by atoms with E-state index in [-0.39, 0.29) is 5.91 Å². The molecule has 0 aliphatic rings. The molecule has 0 aliphatic carbocycles. The van der Waals surface area contributed by atoms with Crippen LogP contribution in [-0.2, 0) is 13.1 Å². The molecule has 0 radical (unpaired) electrons. The van der Waals surface area contributed by atoms with E-state index >= 15 is 0 Å². The molecule has 0 unspecified atom stereocenters. The van der Waals surface area contributed by atoms with Crippen molar-refractivity contribution in [2.24, 2.45) is 0 Å². The van der Waals surface area contributed by atoms with Crippen molar-refractivity contribution < 1.29 is 4.79 Å². The van der Waals surface area contributed by atoms with Crippen molar-refractivity contribution in [1.82, 2.24) is 25.3 Å². The van der Waals surface area contributed by atoms with Crippen LogP contribution in [0.25, 0.3) is 10.9 Å². The molecule has 0 atom stereocenters. The molecule has 142 valence electrons. The zero-order chi connectivity index (χ0) is 19.7. The van der Waals surface area contributed by atoms with Crippen LogP contribution in [0.15, 0.2) is 48.5 Å². The number of aromatic nitrogens is 4. The van der Waals surface area contributed by atoms with Gasteiger partial charge < -0.3 is 5.32 Å². The van der Waals surface area contributed by atoms with Crippen molar-refractivity contribution in [1.29, 1.82) is 0 Å². The molecule has 0 spiro atoms. The van der Waals surface area contributed by atoms with Crippen LogP contribution in [0.2, 0.25) is 0 Å². The van der Waals surface area contributed by atoms with Crippen LogP contribution < -0.4 is 5.32 Å². The first kappa shape index (κ1) is 18.0. The third kappa shape index (κ3) is 3.41. The molecule has 2 N–H and O–H groups in total. The van der Waals surface area contributed by atoms with E-state index in [1.807, 2.05) is 61.9 Å². The largest absolute Gasteiger partial charge is 0.346 e. The van der Waals surface area contributed by atoms with Gasteiger partial charge in [-0.25, -0.2) is 0 Å². The van der Waals surface area contributed by atoms with E-state index in [4.69, 9.17) is 0 Å². The number of amides is 1. The van der Waals surface area contributed by atoms with Gasteiger partial charge in [-0.15, -0.1) is 0 Å². The van der Waals surface area contributed by atoms with Crippen LogP contribution in [0.3, 0.4) is 0 Å². The molecule has 2 heterocycles. The van der Waals surface area contributed by atoms with E-state index in [0.29, 0.717) is 18.8 Å². The molecule has 6 heteroatoms. The second-order valence-electron chi connectivity index (χ2n) is 7.10. The molecule has 0 saturated heterocycles. The maximum Gasteiger partial charge on any atom is 0.272 e. The first-order valence-electron chi connectivity index (χ1n) is 9.32. The maximum atomic E-state index is 12.7. The normalized spacial score (nSPS) is 11.1. The van der Waals surface area contributed by atoms with Gasteiger partial charge in [0.1, 0.15) is 0 Å². The topological polar surface area (TPSA) is 75.6 Å². The first-order valence-corrected chi connectivity index (χ1v) is 9.32. The fraction of sp³-hybridized carbons (Fsp3) is 0.227. The van der Waals surface area contributed by atoms with E-state index in [1.54, 1.807) is 0 Å². The minimum absolute atomic E-state index is 0.188. The number of fused-ring (bicyclic) bond motifs is 1. The lowest BCUT2D eigenvalue weighted by molar-refractivity contribution is 0.0947. The fourth-order valence-electron chi connectivity index (χ4n) is 3.45. The number of nitrogens with zero attached hydrogens (tertiary/aromatic N) is 3. The van der Waals surface area contributed by atoms with Gasteiger partial charge in [0.15, 0.2) is 5.69 Å². The maximum absolute atomic E-state index is 12.7. The SMILES string of the molecule is Cc1ccc2[nH]nc(C(=O)NCc3c(C)nn(Cc4ccccc4)c3C)c2c1. The number of carbonyl (C=O) groups excluding carboxylic acids is 1. The summed E-state index contributed by atoms with van der Waals surface area (Å²) in [6, 6.07) is 16.1. The van der Waals surface area contributed by atoms with E-state index in [2.05, 4.69) is 32.7 Å². The molecule has 1 amide bonds. The highest BCUT2D eigenvalue weighted by Crippen LogP contribution is 2.18. The van der Waals surface area contributed by atoms with Crippen molar-refractivity contribution >= 4 is 16.8 Å². The van der Waals surface area contributed by atoms with Gasteiger partial charge in [-0.2, -0.15) is 10.2 Å². The molecule has 0 bridgehead atoms. The number of H-pyrrole nitrogens is 1. The Morgan fingerprint density at radius 2 is 1.89 bits per heavy atom. The van der Waals surface area contributed by atoms with E-state index in [9.17, 15) is 4.79 Å². The summed E-state index contributed by atoms with van der Waals surface area (Å²) in [5, 5.41) is 15.6. The summed E-state index contributed by atoms with van der Waals surface area (Å²) in [6.07, 6.45) is 0. The minimum atomic E-state index is -0.188. The Labute approximate surface area is 163 Å². The molecule has 2 aromatic heterocycles. The van der Waals surface area contributed by atoms with Crippen LogP contribution in [-0.4, -0.2) is 25.9 Å². The Morgan fingerprint density at radius 3 is 2.68 bits per heavy atom. The highest BCUT2D eigenvalue weighted by molar-refractivity contribution is 6.04. The van der Waals surface area contributed by atoms with Gasteiger partial charge in [0.2, 0.25) is 0 Å². The summed E-state index contributed by atoms with van der Waals surface area (Å²) in [5.41, 5.74) is 6.60. The monoisotopic (exact) mass is 373 g/mol. The van der Waals surface area contributed by atoms with E-state index < -0.39 is 0 Å². The van der Waals surface area contributed by atoms with E-state index in [0.717, 1.165) is 33.4 Å². The lowest BCUT2D eigenvalue weighted by Gasteiger charge is -2.07. The molecule has 0 fully saturated rings. The van der Waals surface area contributed by atoms with Crippen LogP contribution in [0.5, 0.6) is 0 Å². The third-order valence-corrected chi connectivity index (χ3v) is 5.07. The average molecular weight is 373 g/mol. The highest BCUT2D eigenvalue weighted by atomic mass is 16.1. The number of nitrogens with one attached hydrogen (secondary N) is 2. The second-order valence-corrected chi connectivity index (χ2v) is 7.10. The van der Waals surface area contributed by atoms with Crippen molar-refractivity contribution in [2.75, 3.05) is 0 Å². The average Bonchev–Trinajstić information content (AvgIpc) is 3.21. The molecule has 0 saturated carbocycles. The summed E-state index contributed by atoms with van der Waals surface area (Å²) in [6.45, 7) is 7.15. The number of benzene rings is 2. The number of hydrogen-bond donors (Lipinski definition) is 2. The lowest BCUT2D eigenvalue weighted by Crippen LogP contribution is -2.24. The Morgan fingerprint density at radius 1 is 1.11 bits per heavy atom. The molecular weight excluding hydrogens is 350 g/mol. The Hall–Kier alpha value is -3.41. The molecule has 2 aromatic carbocycles. The summed E-state index contributed by atoms with van der Waals surface area (Å²) in [5.74, 6) is -0.188. The number of carbonyl (C=O) groups is 1. The van der Waals surface area contributed by atoms with Gasteiger partial charge in [0.25, 0.3) is 5.91 Å². The van der Waals surface area contributed by atoms with E-state index in [1.165, 1.54) is 5.56 Å². The van der Waals surface area contributed by atoms with Gasteiger partial charge >= 0.3 is 0 Å². The summed E-state index contributed by atoms with van der Waals surface area (Å²) < 4.78 is 1.99. The quantitative estimate of drug-likeness (QED) is 0.560. The van der Waals surface area contributed by atoms with Gasteiger partial charge in [0, 0.05) is 23.2 Å². The van der Waals surface area contributed by atoms with Crippen molar-refractivity contribution in [3.05, 3.63) is 82.3 Å². The standard InChI is InChI=1S/C22H23N5O/c1-14-9-10-20-18(11-14)21(25-24-20)22(28)23-12-19-15(2)26-27(16(19)3)13-17-7-5-4-6-8-17/h4-11H,12-13H2,1-3H3,(H,23,28)(H,24,25). The highest BCUT2D eigenvalue weighted by Gasteiger charge is 2.17. The Bertz CT molecular complexity index is 1140. The summed E-state index contributed by atoms with van der Waals surface area (Å²) >= 11 is 0. The van der Waals surface area contributed by atoms with Crippen LogP contribution >= 0.6 is 0 Å². The van der Waals surface area contributed by atoms with Crippen molar-refractivity contribution in [2.45, 2.75) is 33.9 Å². The van der Waals surface area contributed by atoms with Crippen molar-refractivity contribution in [3.63, 3.8) is 0 Å². The second kappa shape index (κ2) is 7.31. The fourth-order valence-corrected chi connectivity index (χ4v) is 3.45. The molecule has 28 heavy (non-hydrogen) atoms. The first-order chi connectivity index (χ1) is 13.5. The molecular formula is C22H23N5O. The lowest BCUT2D eigenvalue weighted by atomic mass is 10.1. The number of rotatable bonds is 5. The number of aryl methyl sites for hydroxylation is 2. The zero-order valence-corrected chi connectivity index (χ0v) is 16.3. The van der Waals surface area contributed by atoms with Crippen LogP contribution in [0.1, 0.15) is 38.6 Å². The predicted molar refractivity (Wildman–Crippen MR) is 109 cm³/mol. The van der Waals surface area contributed by atoms with Gasteiger partial charge in [-0.05, 0) is 38.5 Å². The van der Waals surface area contributed by atoms with Crippen LogP contribution in [0, 0.1) is 20.8 Å². The zero-order valence-electron chi connectivity index (χ0n) is 16.3. The smallest absolute Gasteiger partial charge is 0.272 e. The van der Waals surface area contributed by atoms with Gasteiger partial charge in [-0.3, -0.25) is 14.6 Å². The Kier molecular flexibility index (Phi) is 4.69. The Balaban J connectivity index is 1.51. The number of hydrogen-bond acceptors (Lipinski definition) is 3. The number of aromatic amines is 1. The third-order valence-electron chi connectivity index (χ3n) is 5.07. The predicted octanol–water partition coefficient (Wildman–Crippen LogP) is 3.66. The van der Waals surface area contributed by atoms with Crippen LogP contribution in [0.4, 0.5) is 0 Å². The van der Waals surface area contributed by atoms with Crippen molar-refractivity contribution in [3.8, 4) is 0 Å². The molecule has 4 aromatic rings. The van der Waals surface area contributed by atoms with Gasteiger partial charge in [0.05, 0.1) is 17.8 Å². The molecule has 4 rings (SSSR count). The summed E-state index contributed by atoms with van der Waals surface area (Å²) in [4.78, 5) is 12.7.